The third kappa shape index (κ3) is 4.27. The summed E-state index contributed by atoms with van der Waals surface area (Å²) in [7, 11) is 0. The van der Waals surface area contributed by atoms with Gasteiger partial charge in [-0.2, -0.15) is 4.98 Å². The van der Waals surface area contributed by atoms with Crippen LogP contribution in [-0.2, 0) is 4.79 Å². The van der Waals surface area contributed by atoms with E-state index in [-0.39, 0.29) is 28.3 Å². The number of rotatable bonds is 5. The Balaban J connectivity index is 1.71. The van der Waals surface area contributed by atoms with Crippen LogP contribution in [0.15, 0.2) is 40.9 Å². The van der Waals surface area contributed by atoms with Crippen LogP contribution < -0.4 is 10.1 Å². The zero-order chi connectivity index (χ0) is 18.7. The monoisotopic (exact) mass is 411 g/mol. The van der Waals surface area contributed by atoms with E-state index in [2.05, 4.69) is 15.5 Å². The molecule has 6 nitrogen and oxygen atoms in total. The molecule has 0 radical (unpaired) electrons. The zero-order valence-electron chi connectivity index (χ0n) is 13.4. The number of aromatic nitrogens is 2. The first-order valence-corrected chi connectivity index (χ1v) is 8.54. The molecule has 0 spiro atoms. The molecule has 1 N–H and O–H groups in total. The lowest BCUT2D eigenvalue weighted by Crippen LogP contribution is -2.20. The number of hydrogen-bond acceptors (Lipinski definition) is 5. The molecule has 0 aliphatic carbocycles. The lowest BCUT2D eigenvalue weighted by Gasteiger charge is -2.11. The van der Waals surface area contributed by atoms with Crippen molar-refractivity contribution in [3.05, 3.63) is 57.4 Å². The topological polar surface area (TPSA) is 77.2 Å². The second kappa shape index (κ2) is 7.95. The van der Waals surface area contributed by atoms with Crippen LogP contribution in [0.5, 0.6) is 5.75 Å². The van der Waals surface area contributed by atoms with Gasteiger partial charge < -0.3 is 14.6 Å². The fraction of sp³-hybridized carbons (Fsp3) is 0.118. The van der Waals surface area contributed by atoms with Gasteiger partial charge in [-0.3, -0.25) is 4.79 Å². The molecule has 26 heavy (non-hydrogen) atoms. The number of anilines is 1. The number of ether oxygens (including phenoxy) is 1. The first-order chi connectivity index (χ1) is 12.4. The Morgan fingerprint density at radius 2 is 1.88 bits per heavy atom. The van der Waals surface area contributed by atoms with E-state index in [1.165, 1.54) is 12.1 Å². The van der Waals surface area contributed by atoms with E-state index in [0.717, 1.165) is 0 Å². The molecule has 134 valence electrons. The van der Waals surface area contributed by atoms with Crippen molar-refractivity contribution >= 4 is 46.4 Å². The molecule has 3 aromatic rings. The molecular weight excluding hydrogens is 401 g/mol. The molecule has 0 saturated heterocycles. The third-order valence-corrected chi connectivity index (χ3v) is 4.32. The number of amides is 1. The Morgan fingerprint density at radius 1 is 1.15 bits per heavy atom. The SMILES string of the molecule is Cc1nc(-c2ccccc2NC(=O)COc2cc(Cl)c(Cl)cc2Cl)no1. The summed E-state index contributed by atoms with van der Waals surface area (Å²) in [6.07, 6.45) is 0. The highest BCUT2D eigenvalue weighted by Gasteiger charge is 2.14. The fourth-order valence-electron chi connectivity index (χ4n) is 2.14. The number of carbonyl (C=O) groups is 1. The standard InChI is InChI=1S/C17H12Cl3N3O3/c1-9-21-17(23-26-9)10-4-2-3-5-14(10)22-16(24)8-25-15-7-12(19)11(18)6-13(15)20/h2-7H,8H2,1H3,(H,22,24). The summed E-state index contributed by atoms with van der Waals surface area (Å²) in [5.41, 5.74) is 1.16. The maximum Gasteiger partial charge on any atom is 0.262 e. The van der Waals surface area contributed by atoms with Crippen molar-refractivity contribution in [1.82, 2.24) is 10.1 Å². The van der Waals surface area contributed by atoms with Crippen molar-refractivity contribution < 1.29 is 14.1 Å². The lowest BCUT2D eigenvalue weighted by molar-refractivity contribution is -0.118. The van der Waals surface area contributed by atoms with Crippen molar-refractivity contribution in [2.75, 3.05) is 11.9 Å². The molecule has 0 aliphatic rings. The van der Waals surface area contributed by atoms with Crippen molar-refractivity contribution in [2.45, 2.75) is 6.92 Å². The summed E-state index contributed by atoms with van der Waals surface area (Å²) in [6, 6.07) is 10.00. The Morgan fingerprint density at radius 3 is 2.62 bits per heavy atom. The molecule has 0 atom stereocenters. The van der Waals surface area contributed by atoms with E-state index in [0.29, 0.717) is 28.0 Å². The second-order valence-corrected chi connectivity index (χ2v) is 6.44. The number of hydrogen-bond donors (Lipinski definition) is 1. The van der Waals surface area contributed by atoms with Crippen molar-refractivity contribution in [2.24, 2.45) is 0 Å². The van der Waals surface area contributed by atoms with E-state index < -0.39 is 0 Å². The highest BCUT2D eigenvalue weighted by Crippen LogP contribution is 2.34. The van der Waals surface area contributed by atoms with Crippen LogP contribution in [0, 0.1) is 6.92 Å². The predicted molar refractivity (Wildman–Crippen MR) is 100 cm³/mol. The van der Waals surface area contributed by atoms with Gasteiger partial charge >= 0.3 is 0 Å². The summed E-state index contributed by atoms with van der Waals surface area (Å²) < 4.78 is 10.4. The molecule has 0 unspecified atom stereocenters. The van der Waals surface area contributed by atoms with Gasteiger partial charge in [0, 0.05) is 18.6 Å². The van der Waals surface area contributed by atoms with Crippen LogP contribution in [0.4, 0.5) is 5.69 Å². The quantitative estimate of drug-likeness (QED) is 0.595. The van der Waals surface area contributed by atoms with Crippen LogP contribution in [-0.4, -0.2) is 22.7 Å². The largest absolute Gasteiger partial charge is 0.482 e. The Bertz CT molecular complexity index is 959. The minimum Gasteiger partial charge on any atom is -0.482 e. The van der Waals surface area contributed by atoms with Gasteiger partial charge in [-0.05, 0) is 18.2 Å². The van der Waals surface area contributed by atoms with E-state index in [4.69, 9.17) is 44.1 Å². The third-order valence-electron chi connectivity index (χ3n) is 3.30. The van der Waals surface area contributed by atoms with Gasteiger partial charge in [0.15, 0.2) is 6.61 Å². The molecule has 0 fully saturated rings. The average Bonchev–Trinajstić information content (AvgIpc) is 3.03. The van der Waals surface area contributed by atoms with Gasteiger partial charge in [0.2, 0.25) is 11.7 Å². The van der Waals surface area contributed by atoms with Gasteiger partial charge in [-0.25, -0.2) is 0 Å². The van der Waals surface area contributed by atoms with E-state index >= 15 is 0 Å². The Labute approximate surface area is 164 Å². The Kier molecular flexibility index (Phi) is 5.66. The number of halogens is 3. The summed E-state index contributed by atoms with van der Waals surface area (Å²) in [5.74, 6) is 0.684. The fourth-order valence-corrected chi connectivity index (χ4v) is 2.73. The maximum absolute atomic E-state index is 12.2. The molecule has 1 heterocycles. The number of nitrogens with zero attached hydrogens (tertiary/aromatic N) is 2. The van der Waals surface area contributed by atoms with Gasteiger partial charge in [-0.15, -0.1) is 0 Å². The molecule has 0 bridgehead atoms. The number of aryl methyl sites for hydroxylation is 1. The van der Waals surface area contributed by atoms with Crippen LogP contribution in [0.1, 0.15) is 5.89 Å². The first-order valence-electron chi connectivity index (χ1n) is 7.41. The predicted octanol–water partition coefficient (Wildman–Crippen LogP) is 5.02. The summed E-state index contributed by atoms with van der Waals surface area (Å²) in [5, 5.41) is 7.45. The Hall–Kier alpha value is -2.28. The summed E-state index contributed by atoms with van der Waals surface area (Å²) in [4.78, 5) is 16.4. The molecule has 2 aromatic carbocycles. The van der Waals surface area contributed by atoms with Gasteiger partial charge in [0.1, 0.15) is 5.75 Å². The highest BCUT2D eigenvalue weighted by molar-refractivity contribution is 6.43. The number of benzene rings is 2. The number of para-hydroxylation sites is 1. The maximum atomic E-state index is 12.2. The minimum atomic E-state index is -0.389. The van der Waals surface area contributed by atoms with E-state index in [1.54, 1.807) is 25.1 Å². The molecule has 1 aromatic heterocycles. The number of nitrogens with one attached hydrogen (secondary N) is 1. The molecule has 0 saturated carbocycles. The van der Waals surface area contributed by atoms with Gasteiger partial charge in [-0.1, -0.05) is 52.1 Å². The van der Waals surface area contributed by atoms with Crippen molar-refractivity contribution in [1.29, 1.82) is 0 Å². The molecule has 0 aliphatic heterocycles. The van der Waals surface area contributed by atoms with Gasteiger partial charge in [0.25, 0.3) is 5.91 Å². The summed E-state index contributed by atoms with van der Waals surface area (Å²) >= 11 is 17.8. The van der Waals surface area contributed by atoms with Crippen LogP contribution in [0.2, 0.25) is 15.1 Å². The highest BCUT2D eigenvalue weighted by atomic mass is 35.5. The van der Waals surface area contributed by atoms with E-state index in [1.807, 2.05) is 6.07 Å². The van der Waals surface area contributed by atoms with Crippen LogP contribution in [0.25, 0.3) is 11.4 Å². The normalized spacial score (nSPS) is 10.6. The smallest absolute Gasteiger partial charge is 0.262 e. The zero-order valence-corrected chi connectivity index (χ0v) is 15.7. The second-order valence-electron chi connectivity index (χ2n) is 5.22. The number of carbonyl (C=O) groups excluding carboxylic acids is 1. The lowest BCUT2D eigenvalue weighted by atomic mass is 10.1. The first kappa shape index (κ1) is 18.5. The van der Waals surface area contributed by atoms with Crippen molar-refractivity contribution in [3.63, 3.8) is 0 Å². The average molecular weight is 413 g/mol. The van der Waals surface area contributed by atoms with Crippen molar-refractivity contribution in [3.8, 4) is 17.1 Å². The van der Waals surface area contributed by atoms with Crippen LogP contribution >= 0.6 is 34.8 Å². The molecule has 3 rings (SSSR count). The van der Waals surface area contributed by atoms with Gasteiger partial charge in [0.05, 0.1) is 20.8 Å². The summed E-state index contributed by atoms with van der Waals surface area (Å²) in [6.45, 7) is 1.42. The molecule has 1 amide bonds. The van der Waals surface area contributed by atoms with E-state index in [9.17, 15) is 4.79 Å². The molecule has 9 heteroatoms. The van der Waals surface area contributed by atoms with Crippen LogP contribution in [0.3, 0.4) is 0 Å². The minimum absolute atomic E-state index is 0.259. The molecular formula is C17H12Cl3N3O3.